The second kappa shape index (κ2) is 4.00. The molecule has 15 heavy (non-hydrogen) atoms. The van der Waals surface area contributed by atoms with E-state index in [-0.39, 0.29) is 18.8 Å². The maximum atomic E-state index is 11.4. The summed E-state index contributed by atoms with van der Waals surface area (Å²) in [5.74, 6) is 0.0637. The molecule has 1 fully saturated rings. The molecule has 1 aliphatic heterocycles. The molecule has 6 heteroatoms. The standard InChI is InChI=1S/C9H12N2O4/c12-4-6-3-8(15-5-6)11-2-1-7(13)10-9(11)14/h1-2,6,8,12H,3-5H2,(H,10,13,14)/t6-,8+/m1/s1. The van der Waals surface area contributed by atoms with Gasteiger partial charge in [-0.25, -0.2) is 4.79 Å². The van der Waals surface area contributed by atoms with E-state index in [0.717, 1.165) is 0 Å². The molecule has 1 aromatic rings. The van der Waals surface area contributed by atoms with Gasteiger partial charge in [0.15, 0.2) is 0 Å². The van der Waals surface area contributed by atoms with Crippen molar-refractivity contribution in [3.05, 3.63) is 33.1 Å². The van der Waals surface area contributed by atoms with Gasteiger partial charge in [0.2, 0.25) is 0 Å². The van der Waals surface area contributed by atoms with Gasteiger partial charge in [-0.05, 0) is 6.42 Å². The van der Waals surface area contributed by atoms with Crippen molar-refractivity contribution in [3.8, 4) is 0 Å². The SMILES string of the molecule is O=c1ccn([C@@H]2C[C@H](CO)CO2)c(=O)[nH]1. The zero-order valence-electron chi connectivity index (χ0n) is 8.05. The Bertz CT molecular complexity index is 450. The zero-order valence-corrected chi connectivity index (χ0v) is 8.05. The molecule has 0 unspecified atom stereocenters. The summed E-state index contributed by atoms with van der Waals surface area (Å²) in [7, 11) is 0. The van der Waals surface area contributed by atoms with Crippen LogP contribution in [-0.2, 0) is 4.74 Å². The first-order valence-corrected chi connectivity index (χ1v) is 4.74. The maximum absolute atomic E-state index is 11.4. The fraction of sp³-hybridized carbons (Fsp3) is 0.556. The van der Waals surface area contributed by atoms with Crippen LogP contribution in [0, 0.1) is 5.92 Å². The summed E-state index contributed by atoms with van der Waals surface area (Å²) in [6.45, 7) is 0.487. The Hall–Kier alpha value is -1.40. The first kappa shape index (κ1) is 10.1. The summed E-state index contributed by atoms with van der Waals surface area (Å²) in [5, 5.41) is 8.92. The highest BCUT2D eigenvalue weighted by Crippen LogP contribution is 2.25. The summed E-state index contributed by atoms with van der Waals surface area (Å²) in [6, 6.07) is 1.27. The van der Waals surface area contributed by atoms with Crippen molar-refractivity contribution in [2.75, 3.05) is 13.2 Å². The van der Waals surface area contributed by atoms with E-state index in [1.54, 1.807) is 0 Å². The van der Waals surface area contributed by atoms with E-state index in [4.69, 9.17) is 9.84 Å². The Labute approximate surface area is 85.1 Å². The minimum Gasteiger partial charge on any atom is -0.396 e. The third-order valence-electron chi connectivity index (χ3n) is 2.48. The average molecular weight is 212 g/mol. The molecule has 0 amide bonds. The van der Waals surface area contributed by atoms with Crippen molar-refractivity contribution >= 4 is 0 Å². The second-order valence-corrected chi connectivity index (χ2v) is 3.59. The van der Waals surface area contributed by atoms with Crippen molar-refractivity contribution < 1.29 is 9.84 Å². The number of aliphatic hydroxyl groups is 1. The number of aromatic nitrogens is 2. The van der Waals surface area contributed by atoms with Crippen LogP contribution in [0.2, 0.25) is 0 Å². The molecule has 1 saturated heterocycles. The number of aliphatic hydroxyl groups excluding tert-OH is 1. The lowest BCUT2D eigenvalue weighted by atomic mass is 10.1. The highest BCUT2D eigenvalue weighted by atomic mass is 16.5. The van der Waals surface area contributed by atoms with Crippen LogP contribution < -0.4 is 11.2 Å². The molecule has 1 aromatic heterocycles. The molecule has 0 bridgehead atoms. The lowest BCUT2D eigenvalue weighted by Gasteiger charge is -2.11. The Morgan fingerprint density at radius 3 is 3.00 bits per heavy atom. The maximum Gasteiger partial charge on any atom is 0.330 e. The fourth-order valence-electron chi connectivity index (χ4n) is 1.64. The van der Waals surface area contributed by atoms with Crippen LogP contribution in [0.15, 0.2) is 21.9 Å². The van der Waals surface area contributed by atoms with E-state index in [1.165, 1.54) is 16.8 Å². The molecule has 2 N–H and O–H groups in total. The van der Waals surface area contributed by atoms with Crippen LogP contribution >= 0.6 is 0 Å². The quantitative estimate of drug-likeness (QED) is 0.663. The van der Waals surface area contributed by atoms with Crippen LogP contribution in [0.1, 0.15) is 12.6 Å². The summed E-state index contributed by atoms with van der Waals surface area (Å²) in [6.07, 6.45) is 1.61. The molecule has 0 saturated carbocycles. The highest BCUT2D eigenvalue weighted by Gasteiger charge is 2.26. The van der Waals surface area contributed by atoms with Crippen molar-refractivity contribution in [1.29, 1.82) is 0 Å². The molecular formula is C9H12N2O4. The topological polar surface area (TPSA) is 84.3 Å². The molecule has 2 heterocycles. The predicted octanol–water partition coefficient (Wildman–Crippen LogP) is -0.936. The number of aromatic amines is 1. The molecule has 0 aliphatic carbocycles. The Kier molecular flexibility index (Phi) is 2.70. The number of hydrogen-bond acceptors (Lipinski definition) is 4. The van der Waals surface area contributed by atoms with E-state index in [9.17, 15) is 9.59 Å². The smallest absolute Gasteiger partial charge is 0.330 e. The van der Waals surface area contributed by atoms with E-state index < -0.39 is 11.2 Å². The molecule has 0 spiro atoms. The van der Waals surface area contributed by atoms with Gasteiger partial charge < -0.3 is 9.84 Å². The molecule has 0 radical (unpaired) electrons. The Morgan fingerprint density at radius 1 is 1.60 bits per heavy atom. The first-order valence-electron chi connectivity index (χ1n) is 4.74. The molecule has 0 aromatic carbocycles. The molecule has 82 valence electrons. The zero-order chi connectivity index (χ0) is 10.8. The summed E-state index contributed by atoms with van der Waals surface area (Å²) >= 11 is 0. The number of hydrogen-bond donors (Lipinski definition) is 2. The summed E-state index contributed by atoms with van der Waals surface area (Å²) in [5.41, 5.74) is -0.904. The van der Waals surface area contributed by atoms with Gasteiger partial charge in [-0.1, -0.05) is 0 Å². The van der Waals surface area contributed by atoms with Gasteiger partial charge in [0.05, 0.1) is 6.61 Å². The summed E-state index contributed by atoms with van der Waals surface area (Å²) < 4.78 is 6.67. The van der Waals surface area contributed by atoms with Crippen LogP contribution in [0.3, 0.4) is 0 Å². The van der Waals surface area contributed by atoms with E-state index >= 15 is 0 Å². The molecular weight excluding hydrogens is 200 g/mol. The van der Waals surface area contributed by atoms with Crippen LogP contribution in [-0.4, -0.2) is 27.9 Å². The van der Waals surface area contributed by atoms with E-state index in [2.05, 4.69) is 4.98 Å². The Morgan fingerprint density at radius 2 is 2.40 bits per heavy atom. The number of nitrogens with zero attached hydrogens (tertiary/aromatic N) is 1. The number of rotatable bonds is 2. The van der Waals surface area contributed by atoms with Crippen molar-refractivity contribution in [2.45, 2.75) is 12.6 Å². The third kappa shape index (κ3) is 2.00. The van der Waals surface area contributed by atoms with Crippen molar-refractivity contribution in [1.82, 2.24) is 9.55 Å². The van der Waals surface area contributed by atoms with Gasteiger partial charge in [-0.3, -0.25) is 14.3 Å². The minimum absolute atomic E-state index is 0.0502. The third-order valence-corrected chi connectivity index (χ3v) is 2.48. The van der Waals surface area contributed by atoms with Gasteiger partial charge in [0.1, 0.15) is 6.23 Å². The van der Waals surface area contributed by atoms with Crippen molar-refractivity contribution in [3.63, 3.8) is 0 Å². The van der Waals surface area contributed by atoms with Gasteiger partial charge in [0, 0.05) is 24.8 Å². The normalized spacial score (nSPS) is 25.7. The number of H-pyrrole nitrogens is 1. The minimum atomic E-state index is -0.480. The van der Waals surface area contributed by atoms with Gasteiger partial charge in [-0.15, -0.1) is 0 Å². The van der Waals surface area contributed by atoms with Crippen LogP contribution in [0.25, 0.3) is 0 Å². The molecule has 2 rings (SSSR count). The van der Waals surface area contributed by atoms with Crippen molar-refractivity contribution in [2.24, 2.45) is 5.92 Å². The van der Waals surface area contributed by atoms with Crippen LogP contribution in [0.5, 0.6) is 0 Å². The summed E-state index contributed by atoms with van der Waals surface area (Å²) in [4.78, 5) is 24.4. The molecule has 1 aliphatic rings. The largest absolute Gasteiger partial charge is 0.396 e. The first-order chi connectivity index (χ1) is 7.20. The predicted molar refractivity (Wildman–Crippen MR) is 51.5 cm³/mol. The lowest BCUT2D eigenvalue weighted by Crippen LogP contribution is -2.31. The molecule has 2 atom stereocenters. The van der Waals surface area contributed by atoms with E-state index in [1.807, 2.05) is 0 Å². The Balaban J connectivity index is 2.24. The van der Waals surface area contributed by atoms with Gasteiger partial charge in [0.25, 0.3) is 5.56 Å². The average Bonchev–Trinajstić information content (AvgIpc) is 2.66. The number of ether oxygens (including phenoxy) is 1. The van der Waals surface area contributed by atoms with E-state index in [0.29, 0.717) is 13.0 Å². The lowest BCUT2D eigenvalue weighted by molar-refractivity contribution is 0.0489. The highest BCUT2D eigenvalue weighted by molar-refractivity contribution is 4.85. The van der Waals surface area contributed by atoms with Crippen LogP contribution in [0.4, 0.5) is 0 Å². The monoisotopic (exact) mass is 212 g/mol. The molecule has 6 nitrogen and oxygen atoms in total. The fourth-order valence-corrected chi connectivity index (χ4v) is 1.64. The van der Waals surface area contributed by atoms with Gasteiger partial charge >= 0.3 is 5.69 Å². The van der Waals surface area contributed by atoms with Gasteiger partial charge in [-0.2, -0.15) is 0 Å². The number of nitrogens with one attached hydrogen (secondary N) is 1. The second-order valence-electron chi connectivity index (χ2n) is 3.59.